The van der Waals surface area contributed by atoms with Gasteiger partial charge in [-0.25, -0.2) is 0 Å². The monoisotopic (exact) mass is 205 g/mol. The van der Waals surface area contributed by atoms with E-state index in [2.05, 4.69) is 50.4 Å². The zero-order valence-electron chi connectivity index (χ0n) is 10.2. The van der Waals surface area contributed by atoms with E-state index in [4.69, 9.17) is 0 Å². The van der Waals surface area contributed by atoms with Crippen LogP contribution in [0, 0.1) is 12.8 Å². The summed E-state index contributed by atoms with van der Waals surface area (Å²) in [6.45, 7) is 8.81. The summed E-state index contributed by atoms with van der Waals surface area (Å²) in [6, 6.07) is 8.71. The molecule has 1 nitrogen and oxygen atoms in total. The number of benzene rings is 1. The molecular formula is C14H23N. The Morgan fingerprint density at radius 3 is 2.53 bits per heavy atom. The van der Waals surface area contributed by atoms with E-state index in [-0.39, 0.29) is 0 Å². The van der Waals surface area contributed by atoms with Crippen LogP contribution in [0.25, 0.3) is 0 Å². The fourth-order valence-electron chi connectivity index (χ4n) is 1.82. The molecule has 84 valence electrons. The molecule has 0 saturated carbocycles. The van der Waals surface area contributed by atoms with Crippen LogP contribution in [0.3, 0.4) is 0 Å². The summed E-state index contributed by atoms with van der Waals surface area (Å²) in [5.74, 6) is 0.829. The normalized spacial score (nSPS) is 10.9. The summed E-state index contributed by atoms with van der Waals surface area (Å²) in [6.07, 6.45) is 2.55. The third kappa shape index (κ3) is 4.48. The number of hydrogen-bond donors (Lipinski definition) is 1. The van der Waals surface area contributed by atoms with Crippen molar-refractivity contribution in [3.8, 4) is 0 Å². The molecule has 0 aliphatic heterocycles. The molecular weight excluding hydrogens is 182 g/mol. The Morgan fingerprint density at radius 2 is 1.93 bits per heavy atom. The molecule has 0 aromatic heterocycles. The lowest BCUT2D eigenvalue weighted by atomic mass is 10.0. The number of aryl methyl sites for hydroxylation is 1. The lowest BCUT2D eigenvalue weighted by Gasteiger charge is -2.13. The predicted molar refractivity (Wildman–Crippen MR) is 67.0 cm³/mol. The summed E-state index contributed by atoms with van der Waals surface area (Å²) in [4.78, 5) is 0. The van der Waals surface area contributed by atoms with Crippen LogP contribution in [0.1, 0.15) is 37.8 Å². The summed E-state index contributed by atoms with van der Waals surface area (Å²) in [5.41, 5.74) is 2.73. The predicted octanol–water partition coefficient (Wildman–Crippen LogP) is 3.52. The molecule has 0 amide bonds. The van der Waals surface area contributed by atoms with Gasteiger partial charge in [0, 0.05) is 6.54 Å². The Kier molecular flexibility index (Phi) is 5.41. The van der Waals surface area contributed by atoms with Gasteiger partial charge in [-0.2, -0.15) is 0 Å². The van der Waals surface area contributed by atoms with E-state index in [1.54, 1.807) is 0 Å². The van der Waals surface area contributed by atoms with Gasteiger partial charge in [0.15, 0.2) is 0 Å². The molecule has 15 heavy (non-hydrogen) atoms. The van der Waals surface area contributed by atoms with Crippen LogP contribution >= 0.6 is 0 Å². The van der Waals surface area contributed by atoms with Crippen LogP contribution < -0.4 is 5.32 Å². The van der Waals surface area contributed by atoms with Crippen molar-refractivity contribution in [2.45, 2.75) is 40.2 Å². The van der Waals surface area contributed by atoms with E-state index in [1.807, 2.05) is 0 Å². The molecule has 1 N–H and O–H groups in total. The Bertz CT molecular complexity index is 276. The Labute approximate surface area is 93.9 Å². The highest BCUT2D eigenvalue weighted by molar-refractivity contribution is 5.21. The average Bonchev–Trinajstić information content (AvgIpc) is 2.25. The highest BCUT2D eigenvalue weighted by Crippen LogP contribution is 2.07. The quantitative estimate of drug-likeness (QED) is 0.749. The molecule has 0 unspecified atom stereocenters. The minimum Gasteiger partial charge on any atom is -0.312 e. The van der Waals surface area contributed by atoms with Crippen molar-refractivity contribution in [3.63, 3.8) is 0 Å². The molecule has 0 spiro atoms. The molecule has 0 bridgehead atoms. The first-order chi connectivity index (χ1) is 7.26. The maximum Gasteiger partial charge on any atom is 0.0205 e. The van der Waals surface area contributed by atoms with Gasteiger partial charge in [-0.05, 0) is 24.9 Å². The van der Waals surface area contributed by atoms with E-state index in [9.17, 15) is 0 Å². The fourth-order valence-corrected chi connectivity index (χ4v) is 1.82. The number of nitrogens with one attached hydrogen (secondary N) is 1. The minimum atomic E-state index is 0.829. The number of hydrogen-bond acceptors (Lipinski definition) is 1. The minimum absolute atomic E-state index is 0.829. The zero-order chi connectivity index (χ0) is 11.1. The summed E-state index contributed by atoms with van der Waals surface area (Å²) >= 11 is 0. The van der Waals surface area contributed by atoms with E-state index >= 15 is 0 Å². The molecule has 1 aromatic carbocycles. The zero-order valence-corrected chi connectivity index (χ0v) is 10.2. The van der Waals surface area contributed by atoms with Crippen molar-refractivity contribution in [2.75, 3.05) is 6.54 Å². The second kappa shape index (κ2) is 6.62. The standard InChI is InChI=1S/C14H23N/c1-4-13(5-2)10-15-11-14-8-6-7-12(3)9-14/h6-9,13,15H,4-5,10-11H2,1-3H3. The van der Waals surface area contributed by atoms with E-state index in [0.29, 0.717) is 0 Å². The second-order valence-corrected chi connectivity index (χ2v) is 4.30. The maximum absolute atomic E-state index is 3.53. The maximum atomic E-state index is 3.53. The van der Waals surface area contributed by atoms with Crippen LogP contribution in [0.15, 0.2) is 24.3 Å². The van der Waals surface area contributed by atoms with E-state index < -0.39 is 0 Å². The van der Waals surface area contributed by atoms with Gasteiger partial charge in [-0.3, -0.25) is 0 Å². The van der Waals surface area contributed by atoms with Crippen molar-refractivity contribution in [3.05, 3.63) is 35.4 Å². The van der Waals surface area contributed by atoms with Crippen molar-refractivity contribution in [1.29, 1.82) is 0 Å². The largest absolute Gasteiger partial charge is 0.312 e. The van der Waals surface area contributed by atoms with Crippen molar-refractivity contribution < 1.29 is 0 Å². The molecule has 0 saturated heterocycles. The van der Waals surface area contributed by atoms with Crippen molar-refractivity contribution >= 4 is 0 Å². The smallest absolute Gasteiger partial charge is 0.0205 e. The first-order valence-corrected chi connectivity index (χ1v) is 6.02. The summed E-state index contributed by atoms with van der Waals surface area (Å²) in [7, 11) is 0. The van der Waals surface area contributed by atoms with Gasteiger partial charge in [0.25, 0.3) is 0 Å². The van der Waals surface area contributed by atoms with Crippen LogP contribution in [0.2, 0.25) is 0 Å². The van der Waals surface area contributed by atoms with Gasteiger partial charge >= 0.3 is 0 Å². The van der Waals surface area contributed by atoms with Gasteiger partial charge in [-0.15, -0.1) is 0 Å². The molecule has 0 radical (unpaired) electrons. The van der Waals surface area contributed by atoms with Crippen LogP contribution in [0.4, 0.5) is 0 Å². The summed E-state index contributed by atoms with van der Waals surface area (Å²) in [5, 5.41) is 3.53. The van der Waals surface area contributed by atoms with Crippen molar-refractivity contribution in [1.82, 2.24) is 5.32 Å². The Balaban J connectivity index is 2.31. The molecule has 0 aliphatic rings. The highest BCUT2D eigenvalue weighted by Gasteiger charge is 2.01. The van der Waals surface area contributed by atoms with Crippen LogP contribution in [0.5, 0.6) is 0 Å². The van der Waals surface area contributed by atoms with Gasteiger partial charge in [0.1, 0.15) is 0 Å². The van der Waals surface area contributed by atoms with Gasteiger partial charge in [-0.1, -0.05) is 56.5 Å². The van der Waals surface area contributed by atoms with E-state index in [0.717, 1.165) is 19.0 Å². The first kappa shape index (κ1) is 12.3. The highest BCUT2D eigenvalue weighted by atomic mass is 14.9. The van der Waals surface area contributed by atoms with Crippen LogP contribution in [-0.2, 0) is 6.54 Å². The molecule has 0 aliphatic carbocycles. The first-order valence-electron chi connectivity index (χ1n) is 6.02. The number of rotatable bonds is 6. The van der Waals surface area contributed by atoms with Gasteiger partial charge in [0.05, 0.1) is 0 Å². The average molecular weight is 205 g/mol. The SMILES string of the molecule is CCC(CC)CNCc1cccc(C)c1. The second-order valence-electron chi connectivity index (χ2n) is 4.30. The molecule has 0 atom stereocenters. The van der Waals surface area contributed by atoms with Crippen molar-refractivity contribution in [2.24, 2.45) is 5.92 Å². The molecule has 1 aromatic rings. The fraction of sp³-hybridized carbons (Fsp3) is 0.571. The summed E-state index contributed by atoms with van der Waals surface area (Å²) < 4.78 is 0. The molecule has 1 rings (SSSR count). The third-order valence-corrected chi connectivity index (χ3v) is 3.00. The van der Waals surface area contributed by atoms with E-state index in [1.165, 1.54) is 24.0 Å². The lowest BCUT2D eigenvalue weighted by Crippen LogP contribution is -2.21. The lowest BCUT2D eigenvalue weighted by molar-refractivity contribution is 0.449. The topological polar surface area (TPSA) is 12.0 Å². The van der Waals surface area contributed by atoms with Crippen LogP contribution in [-0.4, -0.2) is 6.54 Å². The third-order valence-electron chi connectivity index (χ3n) is 3.00. The Hall–Kier alpha value is -0.820. The Morgan fingerprint density at radius 1 is 1.20 bits per heavy atom. The van der Waals surface area contributed by atoms with Gasteiger partial charge in [0.2, 0.25) is 0 Å². The molecule has 0 heterocycles. The van der Waals surface area contributed by atoms with Gasteiger partial charge < -0.3 is 5.32 Å². The molecule has 0 fully saturated rings. The molecule has 1 heteroatoms.